The summed E-state index contributed by atoms with van der Waals surface area (Å²) in [6.07, 6.45) is 0.755. The van der Waals surface area contributed by atoms with Gasteiger partial charge in [0, 0.05) is 30.3 Å². The molecule has 0 bridgehead atoms. The fourth-order valence-electron chi connectivity index (χ4n) is 3.47. The average Bonchev–Trinajstić information content (AvgIpc) is 2.92. The molecule has 0 aromatic carbocycles. The third kappa shape index (κ3) is 5.89. The standard InChI is InChI=1S/C19H30N4O4/c1-10(2)9-20-18(26)13-7-15(16(24)8-13)23-17(25)6-5-14-11(3)21-19(27)22-12(14)4/h10,13,15-16,24H,5-9H2,1-4H3,(H,20,26)(H,23,25)(H,21,22,27)/t13-,15+,16+/m0/s1. The Kier molecular flexibility index (Phi) is 7.12. The number of nitrogens with zero attached hydrogens (tertiary/aromatic N) is 1. The van der Waals surface area contributed by atoms with E-state index in [1.54, 1.807) is 13.8 Å². The van der Waals surface area contributed by atoms with Crippen molar-refractivity contribution in [2.24, 2.45) is 11.8 Å². The summed E-state index contributed by atoms with van der Waals surface area (Å²) in [6.45, 7) is 8.18. The van der Waals surface area contributed by atoms with Crippen LogP contribution in [0.3, 0.4) is 0 Å². The molecule has 0 saturated heterocycles. The van der Waals surface area contributed by atoms with Crippen molar-refractivity contribution in [1.29, 1.82) is 0 Å². The average molecular weight is 378 g/mol. The maximum Gasteiger partial charge on any atom is 0.345 e. The molecule has 1 aliphatic rings. The monoisotopic (exact) mass is 378 g/mol. The number of carbonyl (C=O) groups excluding carboxylic acids is 2. The highest BCUT2D eigenvalue weighted by Gasteiger charge is 2.37. The van der Waals surface area contributed by atoms with Crippen LogP contribution in [0, 0.1) is 25.7 Å². The molecular formula is C19H30N4O4. The van der Waals surface area contributed by atoms with Crippen LogP contribution < -0.4 is 16.3 Å². The van der Waals surface area contributed by atoms with Gasteiger partial charge in [0.1, 0.15) is 0 Å². The molecule has 1 aliphatic carbocycles. The van der Waals surface area contributed by atoms with Gasteiger partial charge in [-0.1, -0.05) is 13.8 Å². The number of nitrogens with one attached hydrogen (secondary N) is 3. The van der Waals surface area contributed by atoms with E-state index >= 15 is 0 Å². The van der Waals surface area contributed by atoms with Crippen molar-refractivity contribution >= 4 is 11.8 Å². The molecule has 1 fully saturated rings. The number of aromatic nitrogens is 2. The number of aliphatic hydroxyl groups excluding tert-OH is 1. The normalized spacial score (nSPS) is 22.1. The summed E-state index contributed by atoms with van der Waals surface area (Å²) >= 11 is 0. The van der Waals surface area contributed by atoms with Crippen LogP contribution in [0.2, 0.25) is 0 Å². The van der Waals surface area contributed by atoms with Crippen molar-refractivity contribution in [2.75, 3.05) is 6.54 Å². The van der Waals surface area contributed by atoms with Gasteiger partial charge in [-0.25, -0.2) is 4.79 Å². The van der Waals surface area contributed by atoms with Crippen LogP contribution in [0.15, 0.2) is 4.79 Å². The molecular weight excluding hydrogens is 348 g/mol. The van der Waals surface area contributed by atoms with E-state index in [2.05, 4.69) is 20.6 Å². The SMILES string of the molecule is Cc1nc(=O)[nH]c(C)c1CCC(=O)N[C@@H]1C[C@H](C(=O)NCC(C)C)C[C@H]1O. The van der Waals surface area contributed by atoms with Crippen LogP contribution >= 0.6 is 0 Å². The number of aliphatic hydroxyl groups is 1. The van der Waals surface area contributed by atoms with Crippen molar-refractivity contribution in [3.8, 4) is 0 Å². The van der Waals surface area contributed by atoms with Crippen molar-refractivity contribution in [1.82, 2.24) is 20.6 Å². The topological polar surface area (TPSA) is 124 Å². The van der Waals surface area contributed by atoms with E-state index in [0.717, 1.165) is 5.56 Å². The second-order valence-electron chi connectivity index (χ2n) is 7.78. The summed E-state index contributed by atoms with van der Waals surface area (Å²) in [5, 5.41) is 15.9. The molecule has 0 spiro atoms. The Balaban J connectivity index is 1.85. The van der Waals surface area contributed by atoms with E-state index < -0.39 is 17.8 Å². The first-order chi connectivity index (χ1) is 12.7. The fourth-order valence-corrected chi connectivity index (χ4v) is 3.47. The molecule has 0 unspecified atom stereocenters. The highest BCUT2D eigenvalue weighted by atomic mass is 16.3. The number of H-pyrrole nitrogens is 1. The lowest BCUT2D eigenvalue weighted by Gasteiger charge is -2.17. The van der Waals surface area contributed by atoms with Gasteiger partial charge >= 0.3 is 5.69 Å². The van der Waals surface area contributed by atoms with Gasteiger partial charge in [0.05, 0.1) is 12.1 Å². The maximum absolute atomic E-state index is 12.3. The molecule has 150 valence electrons. The Hall–Kier alpha value is -2.22. The van der Waals surface area contributed by atoms with Crippen LogP contribution in [-0.4, -0.2) is 45.6 Å². The minimum atomic E-state index is -0.720. The number of amides is 2. The van der Waals surface area contributed by atoms with Crippen LogP contribution in [0.1, 0.15) is 50.1 Å². The molecule has 0 radical (unpaired) electrons. The van der Waals surface area contributed by atoms with Gasteiger partial charge < -0.3 is 20.7 Å². The van der Waals surface area contributed by atoms with E-state index in [9.17, 15) is 19.5 Å². The minimum Gasteiger partial charge on any atom is -0.391 e. The highest BCUT2D eigenvalue weighted by Crippen LogP contribution is 2.26. The zero-order valence-corrected chi connectivity index (χ0v) is 16.5. The van der Waals surface area contributed by atoms with Gasteiger partial charge in [-0.2, -0.15) is 4.98 Å². The lowest BCUT2D eigenvalue weighted by Crippen LogP contribution is -2.40. The van der Waals surface area contributed by atoms with Crippen molar-refractivity contribution < 1.29 is 14.7 Å². The molecule has 4 N–H and O–H groups in total. The number of rotatable bonds is 7. The Morgan fingerprint density at radius 2 is 2.00 bits per heavy atom. The maximum atomic E-state index is 12.3. The summed E-state index contributed by atoms with van der Waals surface area (Å²) in [7, 11) is 0. The second kappa shape index (κ2) is 9.12. The molecule has 1 heterocycles. The van der Waals surface area contributed by atoms with Crippen LogP contribution in [0.5, 0.6) is 0 Å². The smallest absolute Gasteiger partial charge is 0.345 e. The summed E-state index contributed by atoms with van der Waals surface area (Å²) in [5.74, 6) is -0.167. The number of hydrogen-bond acceptors (Lipinski definition) is 5. The van der Waals surface area contributed by atoms with Crippen LogP contribution in [0.4, 0.5) is 0 Å². The Morgan fingerprint density at radius 3 is 2.63 bits per heavy atom. The molecule has 8 heteroatoms. The third-order valence-corrected chi connectivity index (χ3v) is 4.99. The molecule has 8 nitrogen and oxygen atoms in total. The van der Waals surface area contributed by atoms with E-state index in [0.29, 0.717) is 43.1 Å². The lowest BCUT2D eigenvalue weighted by molar-refractivity contribution is -0.125. The predicted octanol–water partition coefficient (Wildman–Crippen LogP) is 0.347. The molecule has 1 saturated carbocycles. The Bertz CT molecular complexity index is 717. The fraction of sp³-hybridized carbons (Fsp3) is 0.684. The lowest BCUT2D eigenvalue weighted by atomic mass is 10.1. The molecule has 2 rings (SSSR count). The number of carbonyl (C=O) groups is 2. The molecule has 27 heavy (non-hydrogen) atoms. The highest BCUT2D eigenvalue weighted by molar-refractivity contribution is 5.80. The summed E-state index contributed by atoms with van der Waals surface area (Å²) in [4.78, 5) is 42.3. The van der Waals surface area contributed by atoms with Crippen LogP contribution in [-0.2, 0) is 16.0 Å². The first-order valence-electron chi connectivity index (χ1n) is 9.49. The molecule has 1 aromatic heterocycles. The minimum absolute atomic E-state index is 0.0648. The van der Waals surface area contributed by atoms with E-state index in [1.807, 2.05) is 13.8 Å². The second-order valence-corrected chi connectivity index (χ2v) is 7.78. The molecule has 0 aliphatic heterocycles. The van der Waals surface area contributed by atoms with Crippen LogP contribution in [0.25, 0.3) is 0 Å². The number of hydrogen-bond donors (Lipinski definition) is 4. The van der Waals surface area contributed by atoms with Crippen molar-refractivity contribution in [2.45, 2.75) is 65.5 Å². The van der Waals surface area contributed by atoms with E-state index in [1.165, 1.54) is 0 Å². The van der Waals surface area contributed by atoms with Gasteiger partial charge in [-0.05, 0) is 44.6 Å². The quantitative estimate of drug-likeness (QED) is 0.545. The van der Waals surface area contributed by atoms with Crippen molar-refractivity contribution in [3.63, 3.8) is 0 Å². The summed E-state index contributed by atoms with van der Waals surface area (Å²) in [6, 6.07) is -0.414. The first-order valence-corrected chi connectivity index (χ1v) is 9.49. The van der Waals surface area contributed by atoms with Crippen molar-refractivity contribution in [3.05, 3.63) is 27.4 Å². The zero-order valence-electron chi connectivity index (χ0n) is 16.5. The Morgan fingerprint density at radius 1 is 1.30 bits per heavy atom. The summed E-state index contributed by atoms with van der Waals surface area (Å²) < 4.78 is 0. The number of aryl methyl sites for hydroxylation is 2. The van der Waals surface area contributed by atoms with Gasteiger partial charge in [0.25, 0.3) is 0 Å². The van der Waals surface area contributed by atoms with E-state index in [-0.39, 0.29) is 24.2 Å². The zero-order chi connectivity index (χ0) is 20.1. The third-order valence-electron chi connectivity index (χ3n) is 4.99. The molecule has 2 amide bonds. The molecule has 1 aromatic rings. The van der Waals surface area contributed by atoms with E-state index in [4.69, 9.17) is 0 Å². The number of aromatic amines is 1. The predicted molar refractivity (Wildman–Crippen MR) is 101 cm³/mol. The van der Waals surface area contributed by atoms with Gasteiger partial charge in [-0.15, -0.1) is 0 Å². The van der Waals surface area contributed by atoms with Gasteiger partial charge in [-0.3, -0.25) is 9.59 Å². The largest absolute Gasteiger partial charge is 0.391 e. The molecule has 3 atom stereocenters. The Labute approximate surface area is 159 Å². The first kappa shape index (κ1) is 21.1. The summed E-state index contributed by atoms with van der Waals surface area (Å²) in [5.41, 5.74) is 1.78. The van der Waals surface area contributed by atoms with Gasteiger partial charge in [0.15, 0.2) is 0 Å². The van der Waals surface area contributed by atoms with Gasteiger partial charge in [0.2, 0.25) is 11.8 Å².